The van der Waals surface area contributed by atoms with E-state index in [0.717, 1.165) is 17.7 Å². The van der Waals surface area contributed by atoms with Gasteiger partial charge in [0.15, 0.2) is 0 Å². The Morgan fingerprint density at radius 3 is 2.86 bits per heavy atom. The lowest BCUT2D eigenvalue weighted by Gasteiger charge is -2.12. The lowest BCUT2D eigenvalue weighted by molar-refractivity contribution is 0.0934. The molecule has 2 aromatic rings. The van der Waals surface area contributed by atoms with E-state index in [0.29, 0.717) is 18.2 Å². The van der Waals surface area contributed by atoms with Crippen molar-refractivity contribution in [2.45, 2.75) is 39.8 Å². The minimum absolute atomic E-state index is 0.120. The van der Waals surface area contributed by atoms with Crippen LogP contribution in [0.1, 0.15) is 42.0 Å². The first-order chi connectivity index (χ1) is 10.6. The first-order valence-corrected chi connectivity index (χ1v) is 7.37. The summed E-state index contributed by atoms with van der Waals surface area (Å²) in [4.78, 5) is 24.8. The standard InChI is InChI=1S/C16H21N5O/c1-4-11(2)19-15(22)14-8-12(3)20-16(21-14)18-10-13-6-5-7-17-9-13/h5-9,11H,4,10H2,1-3H3,(H,19,22)(H,18,20,21). The number of hydrogen-bond donors (Lipinski definition) is 2. The van der Waals surface area contributed by atoms with Crippen molar-refractivity contribution in [2.24, 2.45) is 0 Å². The molecule has 0 bridgehead atoms. The molecular weight excluding hydrogens is 278 g/mol. The van der Waals surface area contributed by atoms with Crippen molar-refractivity contribution in [1.82, 2.24) is 20.3 Å². The van der Waals surface area contributed by atoms with Crippen molar-refractivity contribution in [2.75, 3.05) is 5.32 Å². The van der Waals surface area contributed by atoms with E-state index in [1.807, 2.05) is 32.9 Å². The van der Waals surface area contributed by atoms with Crippen LogP contribution in [-0.4, -0.2) is 26.9 Å². The van der Waals surface area contributed by atoms with E-state index >= 15 is 0 Å². The van der Waals surface area contributed by atoms with Gasteiger partial charge >= 0.3 is 0 Å². The highest BCUT2D eigenvalue weighted by Crippen LogP contribution is 2.07. The van der Waals surface area contributed by atoms with E-state index < -0.39 is 0 Å². The maximum absolute atomic E-state index is 12.2. The van der Waals surface area contributed by atoms with Gasteiger partial charge in [0.1, 0.15) is 5.69 Å². The molecule has 1 unspecified atom stereocenters. The number of aryl methyl sites for hydroxylation is 1. The number of amides is 1. The Morgan fingerprint density at radius 1 is 1.36 bits per heavy atom. The number of carbonyl (C=O) groups is 1. The quantitative estimate of drug-likeness (QED) is 0.855. The number of rotatable bonds is 6. The zero-order chi connectivity index (χ0) is 15.9. The molecule has 22 heavy (non-hydrogen) atoms. The maximum atomic E-state index is 12.2. The lowest BCUT2D eigenvalue weighted by Crippen LogP contribution is -2.32. The lowest BCUT2D eigenvalue weighted by atomic mass is 10.2. The molecule has 0 radical (unpaired) electrons. The van der Waals surface area contributed by atoms with Gasteiger partial charge < -0.3 is 10.6 Å². The maximum Gasteiger partial charge on any atom is 0.270 e. The summed E-state index contributed by atoms with van der Waals surface area (Å²) in [6.45, 7) is 6.39. The molecule has 6 heteroatoms. The second kappa shape index (κ2) is 7.49. The zero-order valence-corrected chi connectivity index (χ0v) is 13.1. The van der Waals surface area contributed by atoms with Gasteiger partial charge in [-0.1, -0.05) is 13.0 Å². The molecule has 2 N–H and O–H groups in total. The zero-order valence-electron chi connectivity index (χ0n) is 13.1. The number of pyridine rings is 1. The monoisotopic (exact) mass is 299 g/mol. The molecule has 2 heterocycles. The highest BCUT2D eigenvalue weighted by molar-refractivity contribution is 5.92. The Kier molecular flexibility index (Phi) is 5.41. The molecule has 116 valence electrons. The van der Waals surface area contributed by atoms with Gasteiger partial charge in [-0.3, -0.25) is 9.78 Å². The van der Waals surface area contributed by atoms with Crippen LogP contribution in [0.4, 0.5) is 5.95 Å². The van der Waals surface area contributed by atoms with Crippen LogP contribution < -0.4 is 10.6 Å². The number of nitrogens with zero attached hydrogens (tertiary/aromatic N) is 3. The summed E-state index contributed by atoms with van der Waals surface area (Å²) in [7, 11) is 0. The normalized spacial score (nSPS) is 11.8. The van der Waals surface area contributed by atoms with Gasteiger partial charge in [0.2, 0.25) is 5.95 Å². The second-order valence-corrected chi connectivity index (χ2v) is 5.22. The van der Waals surface area contributed by atoms with Crippen molar-refractivity contribution < 1.29 is 4.79 Å². The Balaban J connectivity index is 2.08. The highest BCUT2D eigenvalue weighted by Gasteiger charge is 2.12. The first-order valence-electron chi connectivity index (χ1n) is 7.37. The fourth-order valence-corrected chi connectivity index (χ4v) is 1.85. The van der Waals surface area contributed by atoms with Crippen LogP contribution in [0.15, 0.2) is 30.6 Å². The van der Waals surface area contributed by atoms with Crippen molar-refractivity contribution in [3.63, 3.8) is 0 Å². The Labute approximate surface area is 130 Å². The van der Waals surface area contributed by atoms with E-state index in [1.54, 1.807) is 18.5 Å². The third-order valence-electron chi connectivity index (χ3n) is 3.25. The molecule has 0 aliphatic heterocycles. The molecule has 0 fully saturated rings. The van der Waals surface area contributed by atoms with Crippen LogP contribution in [0.2, 0.25) is 0 Å². The van der Waals surface area contributed by atoms with Crippen LogP contribution in [0, 0.1) is 6.92 Å². The minimum atomic E-state index is -0.177. The first kappa shape index (κ1) is 15.9. The average Bonchev–Trinajstić information content (AvgIpc) is 2.53. The van der Waals surface area contributed by atoms with Crippen molar-refractivity contribution in [3.8, 4) is 0 Å². The molecule has 2 aromatic heterocycles. The Morgan fingerprint density at radius 2 is 2.18 bits per heavy atom. The van der Waals surface area contributed by atoms with E-state index in [1.165, 1.54) is 0 Å². The molecule has 0 spiro atoms. The molecule has 1 amide bonds. The smallest absolute Gasteiger partial charge is 0.270 e. The number of aromatic nitrogens is 3. The molecule has 0 saturated carbocycles. The van der Waals surface area contributed by atoms with Crippen molar-refractivity contribution in [3.05, 3.63) is 47.5 Å². The third-order valence-corrected chi connectivity index (χ3v) is 3.25. The van der Waals surface area contributed by atoms with Crippen molar-refractivity contribution >= 4 is 11.9 Å². The van der Waals surface area contributed by atoms with Gasteiger partial charge in [-0.25, -0.2) is 9.97 Å². The van der Waals surface area contributed by atoms with Gasteiger partial charge in [0.05, 0.1) is 0 Å². The average molecular weight is 299 g/mol. The van der Waals surface area contributed by atoms with Crippen LogP contribution in [0.5, 0.6) is 0 Å². The fraction of sp³-hybridized carbons (Fsp3) is 0.375. The number of nitrogens with one attached hydrogen (secondary N) is 2. The molecule has 0 aliphatic rings. The minimum Gasteiger partial charge on any atom is -0.350 e. The summed E-state index contributed by atoms with van der Waals surface area (Å²) in [6.07, 6.45) is 4.38. The fourth-order valence-electron chi connectivity index (χ4n) is 1.85. The Hall–Kier alpha value is -2.50. The molecule has 0 aliphatic carbocycles. The van der Waals surface area contributed by atoms with E-state index in [9.17, 15) is 4.79 Å². The SMILES string of the molecule is CCC(C)NC(=O)c1cc(C)nc(NCc2cccnc2)n1. The molecule has 0 saturated heterocycles. The van der Waals surface area contributed by atoms with Crippen LogP contribution in [0.3, 0.4) is 0 Å². The summed E-state index contributed by atoms with van der Waals surface area (Å²) in [5.41, 5.74) is 2.15. The Bertz CT molecular complexity index is 630. The predicted octanol–water partition coefficient (Wildman–Crippen LogP) is 2.32. The summed E-state index contributed by atoms with van der Waals surface area (Å²) in [5.74, 6) is 0.266. The summed E-state index contributed by atoms with van der Waals surface area (Å²) < 4.78 is 0. The molecule has 6 nitrogen and oxygen atoms in total. The third kappa shape index (κ3) is 4.51. The van der Waals surface area contributed by atoms with Crippen LogP contribution in [-0.2, 0) is 6.54 Å². The molecular formula is C16H21N5O. The number of anilines is 1. The topological polar surface area (TPSA) is 79.8 Å². The number of hydrogen-bond acceptors (Lipinski definition) is 5. The van der Waals surface area contributed by atoms with Gasteiger partial charge in [-0.15, -0.1) is 0 Å². The van der Waals surface area contributed by atoms with Crippen LogP contribution in [0.25, 0.3) is 0 Å². The summed E-state index contributed by atoms with van der Waals surface area (Å²) >= 11 is 0. The predicted molar refractivity (Wildman–Crippen MR) is 85.6 cm³/mol. The molecule has 1 atom stereocenters. The van der Waals surface area contributed by atoms with Gasteiger partial charge in [-0.05, 0) is 38.0 Å². The summed E-state index contributed by atoms with van der Waals surface area (Å²) in [5, 5.41) is 6.03. The second-order valence-electron chi connectivity index (χ2n) is 5.22. The van der Waals surface area contributed by atoms with E-state index in [-0.39, 0.29) is 11.9 Å². The largest absolute Gasteiger partial charge is 0.350 e. The number of carbonyl (C=O) groups excluding carboxylic acids is 1. The van der Waals surface area contributed by atoms with Gasteiger partial charge in [0.25, 0.3) is 5.91 Å². The van der Waals surface area contributed by atoms with Gasteiger partial charge in [-0.2, -0.15) is 0 Å². The highest BCUT2D eigenvalue weighted by atomic mass is 16.1. The summed E-state index contributed by atoms with van der Waals surface area (Å²) in [6, 6.07) is 5.65. The van der Waals surface area contributed by atoms with E-state index in [2.05, 4.69) is 25.6 Å². The van der Waals surface area contributed by atoms with Crippen LogP contribution >= 0.6 is 0 Å². The molecule has 2 rings (SSSR count). The van der Waals surface area contributed by atoms with Crippen molar-refractivity contribution in [1.29, 1.82) is 0 Å². The molecule has 0 aromatic carbocycles. The van der Waals surface area contributed by atoms with E-state index in [4.69, 9.17) is 0 Å². The van der Waals surface area contributed by atoms with Gasteiger partial charge in [0, 0.05) is 30.7 Å².